The second-order valence-electron chi connectivity index (χ2n) is 5.80. The van der Waals surface area contributed by atoms with Crippen LogP contribution in [0, 0.1) is 0 Å². The number of carbonyl (C=O) groups is 2. The van der Waals surface area contributed by atoms with Crippen molar-refractivity contribution in [1.29, 1.82) is 0 Å². The van der Waals surface area contributed by atoms with Gasteiger partial charge in [-0.05, 0) is 48.3 Å². The molecular weight excluding hydrogens is 356 g/mol. The molecule has 6 nitrogen and oxygen atoms in total. The van der Waals surface area contributed by atoms with Gasteiger partial charge in [-0.25, -0.2) is 0 Å². The molecule has 8 heteroatoms. The highest BCUT2D eigenvalue weighted by Gasteiger charge is 2.27. The zero-order chi connectivity index (χ0) is 17.8. The first-order chi connectivity index (χ1) is 12.1. The number of nitrogen functional groups attached to an aromatic ring is 1. The molecule has 0 aliphatic carbocycles. The molecule has 132 valence electrons. The van der Waals surface area contributed by atoms with E-state index < -0.39 is 0 Å². The van der Waals surface area contributed by atoms with E-state index in [0.717, 1.165) is 43.0 Å². The Morgan fingerprint density at radius 2 is 1.96 bits per heavy atom. The summed E-state index contributed by atoms with van der Waals surface area (Å²) >= 11 is 2.64. The molecule has 3 rings (SSSR count). The summed E-state index contributed by atoms with van der Waals surface area (Å²) in [6.45, 7) is 1.85. The third kappa shape index (κ3) is 3.96. The maximum absolute atomic E-state index is 12.4. The van der Waals surface area contributed by atoms with Gasteiger partial charge in [-0.15, -0.1) is 11.8 Å². The van der Waals surface area contributed by atoms with Crippen LogP contribution in [0.25, 0.3) is 0 Å². The third-order valence-electron chi connectivity index (χ3n) is 4.14. The predicted octanol–water partition coefficient (Wildman–Crippen LogP) is 2.61. The van der Waals surface area contributed by atoms with Crippen LogP contribution in [-0.4, -0.2) is 40.4 Å². The number of carbonyl (C=O) groups excluding carboxylic acids is 2. The Morgan fingerprint density at radius 1 is 1.28 bits per heavy atom. The average molecular weight is 377 g/mol. The van der Waals surface area contributed by atoms with E-state index in [9.17, 15) is 9.59 Å². The Morgan fingerprint density at radius 3 is 2.60 bits per heavy atom. The monoisotopic (exact) mass is 376 g/mol. The van der Waals surface area contributed by atoms with Crippen molar-refractivity contribution in [3.63, 3.8) is 0 Å². The minimum Gasteiger partial charge on any atom is -0.395 e. The molecule has 1 fully saturated rings. The second kappa shape index (κ2) is 7.88. The number of nitrogens with zero attached hydrogens (tertiary/aromatic N) is 2. The van der Waals surface area contributed by atoms with Crippen LogP contribution in [0.1, 0.15) is 38.6 Å². The molecule has 2 aromatic rings. The van der Waals surface area contributed by atoms with E-state index in [4.69, 9.17) is 5.73 Å². The van der Waals surface area contributed by atoms with E-state index in [2.05, 4.69) is 9.69 Å². The van der Waals surface area contributed by atoms with Crippen LogP contribution in [-0.2, 0) is 6.54 Å². The quantitative estimate of drug-likeness (QED) is 0.783. The van der Waals surface area contributed by atoms with Gasteiger partial charge in [0.25, 0.3) is 11.8 Å². The Hall–Kier alpha value is -2.06. The van der Waals surface area contributed by atoms with Crippen molar-refractivity contribution in [3.05, 3.63) is 40.4 Å². The van der Waals surface area contributed by atoms with Crippen molar-refractivity contribution < 1.29 is 9.59 Å². The van der Waals surface area contributed by atoms with Crippen LogP contribution in [0.2, 0.25) is 0 Å². The van der Waals surface area contributed by atoms with Gasteiger partial charge >= 0.3 is 0 Å². The summed E-state index contributed by atoms with van der Waals surface area (Å²) < 4.78 is 4.12. The molecule has 0 saturated carbocycles. The molecule has 1 aliphatic heterocycles. The fourth-order valence-corrected chi connectivity index (χ4v) is 3.81. The highest BCUT2D eigenvalue weighted by atomic mass is 32.2. The fourth-order valence-electron chi connectivity index (χ4n) is 2.69. The SMILES string of the molecule is CSc1ccc(CNC(=O)c2snc(C(=O)N3CCCC3)c2N)cc1. The zero-order valence-corrected chi connectivity index (χ0v) is 15.6. The third-order valence-corrected chi connectivity index (χ3v) is 5.75. The Bertz CT molecular complexity index is 767. The fraction of sp³-hybridized carbons (Fsp3) is 0.353. The molecule has 2 amide bonds. The van der Waals surface area contributed by atoms with Crippen LogP contribution in [0.15, 0.2) is 29.2 Å². The van der Waals surface area contributed by atoms with E-state index >= 15 is 0 Å². The summed E-state index contributed by atoms with van der Waals surface area (Å²) in [5, 5.41) is 2.84. The van der Waals surface area contributed by atoms with Crippen molar-refractivity contribution in [3.8, 4) is 0 Å². The number of rotatable bonds is 5. The first kappa shape index (κ1) is 17.8. The van der Waals surface area contributed by atoms with Crippen molar-refractivity contribution in [2.45, 2.75) is 24.3 Å². The zero-order valence-electron chi connectivity index (χ0n) is 13.9. The van der Waals surface area contributed by atoms with Gasteiger partial charge in [0.2, 0.25) is 0 Å². The van der Waals surface area contributed by atoms with Gasteiger partial charge in [-0.2, -0.15) is 4.37 Å². The highest BCUT2D eigenvalue weighted by Crippen LogP contribution is 2.24. The number of amides is 2. The average Bonchev–Trinajstić information content (AvgIpc) is 3.29. The first-order valence-electron chi connectivity index (χ1n) is 8.05. The Labute approximate surface area is 154 Å². The molecule has 25 heavy (non-hydrogen) atoms. The van der Waals surface area contributed by atoms with Gasteiger partial charge in [-0.1, -0.05) is 12.1 Å². The lowest BCUT2D eigenvalue weighted by atomic mass is 10.2. The van der Waals surface area contributed by atoms with Crippen LogP contribution in [0.4, 0.5) is 5.69 Å². The molecule has 0 radical (unpaired) electrons. The summed E-state index contributed by atoms with van der Waals surface area (Å²) in [4.78, 5) is 28.0. The number of hydrogen-bond acceptors (Lipinski definition) is 6. The smallest absolute Gasteiger partial charge is 0.275 e. The van der Waals surface area contributed by atoms with Crippen molar-refractivity contribution in [2.75, 3.05) is 25.1 Å². The maximum Gasteiger partial charge on any atom is 0.275 e. The summed E-state index contributed by atoms with van der Waals surface area (Å²) in [7, 11) is 0. The van der Waals surface area contributed by atoms with Crippen molar-refractivity contribution in [1.82, 2.24) is 14.6 Å². The predicted molar refractivity (Wildman–Crippen MR) is 101 cm³/mol. The van der Waals surface area contributed by atoms with Gasteiger partial charge in [0.05, 0.1) is 5.69 Å². The molecule has 1 saturated heterocycles. The summed E-state index contributed by atoms with van der Waals surface area (Å²) in [5.41, 5.74) is 7.39. The largest absolute Gasteiger partial charge is 0.395 e. The standard InChI is InChI=1S/C17H20N4O2S2/c1-24-12-6-4-11(5-7-12)10-19-16(22)15-13(18)14(20-25-15)17(23)21-8-2-3-9-21/h4-7H,2-3,8-10,18H2,1H3,(H,19,22). The number of nitrogens with one attached hydrogen (secondary N) is 1. The number of anilines is 1. The van der Waals surface area contributed by atoms with Crippen molar-refractivity contribution >= 4 is 40.8 Å². The molecule has 0 spiro atoms. The summed E-state index contributed by atoms with van der Waals surface area (Å²) in [6.07, 6.45) is 4.02. The van der Waals surface area contributed by atoms with Gasteiger partial charge in [0, 0.05) is 24.5 Å². The molecule has 0 bridgehead atoms. The van der Waals surface area contributed by atoms with Crippen LogP contribution in [0.5, 0.6) is 0 Å². The molecule has 2 heterocycles. The number of thioether (sulfide) groups is 1. The number of hydrogen-bond donors (Lipinski definition) is 2. The molecule has 0 atom stereocenters. The van der Waals surface area contributed by atoms with Gasteiger partial charge < -0.3 is 16.0 Å². The number of likely N-dealkylation sites (tertiary alicyclic amines) is 1. The molecule has 1 aliphatic rings. The number of nitrogens with two attached hydrogens (primary N) is 1. The molecule has 1 aromatic carbocycles. The van der Waals surface area contributed by atoms with E-state index in [1.165, 1.54) is 4.90 Å². The molecule has 1 aromatic heterocycles. The lowest BCUT2D eigenvalue weighted by Crippen LogP contribution is -2.29. The molecule has 3 N–H and O–H groups in total. The highest BCUT2D eigenvalue weighted by molar-refractivity contribution is 7.98. The Kier molecular flexibility index (Phi) is 5.60. The minimum absolute atomic E-state index is 0.178. The molecular formula is C17H20N4O2S2. The van der Waals surface area contributed by atoms with Gasteiger partial charge in [0.15, 0.2) is 5.69 Å². The van der Waals surface area contributed by atoms with E-state index in [-0.39, 0.29) is 23.2 Å². The number of aromatic nitrogens is 1. The lowest BCUT2D eigenvalue weighted by molar-refractivity contribution is 0.0789. The first-order valence-corrected chi connectivity index (χ1v) is 10.1. The van der Waals surface area contributed by atoms with E-state index in [0.29, 0.717) is 11.4 Å². The number of benzene rings is 1. The minimum atomic E-state index is -0.301. The normalized spacial score (nSPS) is 13.9. The van der Waals surface area contributed by atoms with Crippen LogP contribution >= 0.6 is 23.3 Å². The topological polar surface area (TPSA) is 88.3 Å². The molecule has 0 unspecified atom stereocenters. The van der Waals surface area contributed by atoms with Gasteiger partial charge in [0.1, 0.15) is 4.88 Å². The van der Waals surface area contributed by atoms with E-state index in [1.807, 2.05) is 30.5 Å². The van der Waals surface area contributed by atoms with Crippen molar-refractivity contribution in [2.24, 2.45) is 0 Å². The Balaban J connectivity index is 1.64. The van der Waals surface area contributed by atoms with E-state index in [1.54, 1.807) is 16.7 Å². The van der Waals surface area contributed by atoms with Crippen LogP contribution in [0.3, 0.4) is 0 Å². The summed E-state index contributed by atoms with van der Waals surface area (Å²) in [5.74, 6) is -0.484. The second-order valence-corrected chi connectivity index (χ2v) is 7.46. The van der Waals surface area contributed by atoms with Gasteiger partial charge in [-0.3, -0.25) is 9.59 Å². The van der Waals surface area contributed by atoms with Crippen LogP contribution < -0.4 is 11.1 Å². The summed E-state index contributed by atoms with van der Waals surface area (Å²) in [6, 6.07) is 7.98. The lowest BCUT2D eigenvalue weighted by Gasteiger charge is -2.13. The maximum atomic E-state index is 12.4.